The molecule has 1 amide bonds. The van der Waals surface area contributed by atoms with Crippen LogP contribution in [0.3, 0.4) is 0 Å². The lowest BCUT2D eigenvalue weighted by Crippen LogP contribution is -2.35. The van der Waals surface area contributed by atoms with Gasteiger partial charge < -0.3 is 9.64 Å². The lowest BCUT2D eigenvalue weighted by molar-refractivity contribution is -0.126. The fourth-order valence-corrected chi connectivity index (χ4v) is 2.73. The summed E-state index contributed by atoms with van der Waals surface area (Å²) in [4.78, 5) is 13.6. The molecule has 3 nitrogen and oxygen atoms in total. The first-order valence-corrected chi connectivity index (χ1v) is 7.42. The predicted molar refractivity (Wildman–Crippen MR) is 85.0 cm³/mol. The quantitative estimate of drug-likeness (QED) is 0.622. The number of carbonyl (C=O) groups excluding carboxylic acids is 1. The minimum Gasteiger partial charge on any atom is -0.490 e. The first-order chi connectivity index (χ1) is 9.54. The number of rotatable bonds is 4. The number of allylic oxidation sites excluding steroid dienone is 1. The monoisotopic (exact) mass is 335 g/mol. The summed E-state index contributed by atoms with van der Waals surface area (Å²) in [6.07, 6.45) is 4.52. The summed E-state index contributed by atoms with van der Waals surface area (Å²) in [7, 11) is 1.81. The van der Waals surface area contributed by atoms with Crippen molar-refractivity contribution in [2.45, 2.75) is 18.2 Å². The molecule has 1 aromatic rings. The smallest absolute Gasteiger partial charge is 0.240 e. The van der Waals surface area contributed by atoms with Crippen LogP contribution in [0.5, 0.6) is 5.75 Å². The average Bonchev–Trinajstić information content (AvgIpc) is 2.44. The maximum atomic E-state index is 12.0. The Morgan fingerprint density at radius 1 is 1.55 bits per heavy atom. The molecule has 0 bridgehead atoms. The minimum absolute atomic E-state index is 0.0916. The van der Waals surface area contributed by atoms with Crippen molar-refractivity contribution >= 4 is 27.5 Å². The Morgan fingerprint density at radius 3 is 2.95 bits per heavy atom. The largest absolute Gasteiger partial charge is 0.490 e. The summed E-state index contributed by atoms with van der Waals surface area (Å²) in [5.74, 6) is 0.906. The molecule has 0 saturated carbocycles. The first kappa shape index (κ1) is 14.9. The maximum absolute atomic E-state index is 12.0. The van der Waals surface area contributed by atoms with Crippen molar-refractivity contribution in [3.63, 3.8) is 0 Å². The van der Waals surface area contributed by atoms with Gasteiger partial charge in [0.2, 0.25) is 5.91 Å². The third-order valence-electron chi connectivity index (χ3n) is 3.32. The van der Waals surface area contributed by atoms with E-state index in [2.05, 4.69) is 28.6 Å². The Bertz CT molecular complexity index is 566. The van der Waals surface area contributed by atoms with E-state index in [4.69, 9.17) is 4.74 Å². The van der Waals surface area contributed by atoms with Crippen molar-refractivity contribution in [1.82, 2.24) is 4.90 Å². The average molecular weight is 336 g/mol. The molecule has 0 N–H and O–H groups in total. The Morgan fingerprint density at radius 2 is 2.30 bits per heavy atom. The van der Waals surface area contributed by atoms with Crippen LogP contribution in [0.15, 0.2) is 36.9 Å². The second kappa shape index (κ2) is 6.27. The molecule has 0 fully saturated rings. The normalized spacial score (nSPS) is 18.8. The van der Waals surface area contributed by atoms with Crippen LogP contribution in [-0.4, -0.2) is 29.3 Å². The number of hydrogen-bond acceptors (Lipinski definition) is 2. The van der Waals surface area contributed by atoms with Crippen LogP contribution in [0.2, 0.25) is 0 Å². The molecule has 0 aliphatic carbocycles. The van der Waals surface area contributed by atoms with Crippen LogP contribution >= 0.6 is 15.9 Å². The Balaban J connectivity index is 2.29. The Kier molecular flexibility index (Phi) is 4.65. The van der Waals surface area contributed by atoms with Crippen molar-refractivity contribution < 1.29 is 9.53 Å². The van der Waals surface area contributed by atoms with Crippen LogP contribution in [-0.2, 0) is 4.79 Å². The summed E-state index contributed by atoms with van der Waals surface area (Å²) in [6, 6.07) is 5.90. The van der Waals surface area contributed by atoms with Gasteiger partial charge in [-0.25, -0.2) is 0 Å². The number of hydrogen-bond donors (Lipinski definition) is 0. The Hall–Kier alpha value is -1.55. The van der Waals surface area contributed by atoms with E-state index >= 15 is 0 Å². The summed E-state index contributed by atoms with van der Waals surface area (Å²) < 4.78 is 5.52. The third kappa shape index (κ3) is 2.96. The van der Waals surface area contributed by atoms with E-state index in [0.29, 0.717) is 13.0 Å². The van der Waals surface area contributed by atoms with E-state index in [1.54, 1.807) is 11.0 Å². The summed E-state index contributed by atoms with van der Waals surface area (Å²) >= 11 is 3.39. The van der Waals surface area contributed by atoms with E-state index in [0.717, 1.165) is 22.6 Å². The molecule has 1 aliphatic rings. The van der Waals surface area contributed by atoms with Crippen molar-refractivity contribution in [2.75, 3.05) is 13.7 Å². The molecule has 0 aromatic heterocycles. The predicted octanol–water partition coefficient (Wildman–Crippen LogP) is 3.53. The molecule has 2 rings (SSSR count). The standard InChI is InChI=1S/C16H18BrNO2/c1-4-9-20-12-5-6-13(11(2)10-12)15-8-7-14(17)16(19)18(15)3/h4-6,8,10,14H,1,7,9H2,2-3H3. The number of ether oxygens (including phenoxy) is 1. The first-order valence-electron chi connectivity index (χ1n) is 6.51. The number of nitrogens with zero attached hydrogens (tertiary/aromatic N) is 1. The molecule has 1 unspecified atom stereocenters. The number of halogens is 1. The molecule has 1 heterocycles. The van der Waals surface area contributed by atoms with Crippen molar-refractivity contribution in [3.05, 3.63) is 48.1 Å². The summed E-state index contributed by atoms with van der Waals surface area (Å²) in [6.45, 7) is 6.15. The number of carbonyl (C=O) groups is 1. The van der Waals surface area contributed by atoms with E-state index in [9.17, 15) is 4.79 Å². The van der Waals surface area contributed by atoms with Gasteiger partial charge in [-0.3, -0.25) is 4.79 Å². The van der Waals surface area contributed by atoms with Gasteiger partial charge >= 0.3 is 0 Å². The number of benzene rings is 1. The molecule has 1 atom stereocenters. The van der Waals surface area contributed by atoms with Gasteiger partial charge in [-0.05, 0) is 37.1 Å². The lowest BCUT2D eigenvalue weighted by atomic mass is 10.0. The molecule has 20 heavy (non-hydrogen) atoms. The topological polar surface area (TPSA) is 29.5 Å². The molecule has 4 heteroatoms. The van der Waals surface area contributed by atoms with Gasteiger partial charge in [0.15, 0.2) is 0 Å². The van der Waals surface area contributed by atoms with E-state index in [1.165, 1.54) is 0 Å². The van der Waals surface area contributed by atoms with Crippen molar-refractivity contribution in [2.24, 2.45) is 0 Å². The zero-order chi connectivity index (χ0) is 14.7. The number of amides is 1. The lowest BCUT2D eigenvalue weighted by Gasteiger charge is -2.28. The van der Waals surface area contributed by atoms with E-state index in [1.807, 2.05) is 32.2 Å². The molecular formula is C16H18BrNO2. The highest BCUT2D eigenvalue weighted by Gasteiger charge is 2.26. The fraction of sp³-hybridized carbons (Fsp3) is 0.312. The van der Waals surface area contributed by atoms with E-state index in [-0.39, 0.29) is 10.7 Å². The zero-order valence-electron chi connectivity index (χ0n) is 11.7. The highest BCUT2D eigenvalue weighted by Crippen LogP contribution is 2.30. The van der Waals surface area contributed by atoms with Crippen LogP contribution in [0, 0.1) is 6.92 Å². The fourth-order valence-electron chi connectivity index (χ4n) is 2.24. The SMILES string of the molecule is C=CCOc1ccc(C2=CCC(Br)C(=O)N2C)c(C)c1. The molecular weight excluding hydrogens is 318 g/mol. The van der Waals surface area contributed by atoms with Gasteiger partial charge in [0.1, 0.15) is 12.4 Å². The van der Waals surface area contributed by atoms with Crippen molar-refractivity contribution in [1.29, 1.82) is 0 Å². The highest BCUT2D eigenvalue weighted by atomic mass is 79.9. The molecule has 1 aromatic carbocycles. The molecule has 106 valence electrons. The minimum atomic E-state index is -0.119. The number of aryl methyl sites for hydroxylation is 1. The molecule has 1 aliphatic heterocycles. The molecule has 0 radical (unpaired) electrons. The van der Waals surface area contributed by atoms with Gasteiger partial charge in [0, 0.05) is 18.3 Å². The maximum Gasteiger partial charge on any atom is 0.240 e. The summed E-state index contributed by atoms with van der Waals surface area (Å²) in [5.41, 5.74) is 3.11. The second-order valence-electron chi connectivity index (χ2n) is 4.77. The molecule has 0 saturated heterocycles. The highest BCUT2D eigenvalue weighted by molar-refractivity contribution is 9.10. The number of alkyl halides is 1. The van der Waals surface area contributed by atoms with Crippen molar-refractivity contribution in [3.8, 4) is 5.75 Å². The van der Waals surface area contributed by atoms with Gasteiger partial charge in [0.25, 0.3) is 0 Å². The van der Waals surface area contributed by atoms with Gasteiger partial charge in [-0.15, -0.1) is 0 Å². The molecule has 0 spiro atoms. The van der Waals surface area contributed by atoms with E-state index < -0.39 is 0 Å². The van der Waals surface area contributed by atoms with Crippen LogP contribution in [0.25, 0.3) is 5.70 Å². The van der Waals surface area contributed by atoms with Gasteiger partial charge in [-0.2, -0.15) is 0 Å². The zero-order valence-corrected chi connectivity index (χ0v) is 13.3. The van der Waals surface area contributed by atoms with Gasteiger partial charge in [0.05, 0.1) is 4.83 Å². The van der Waals surface area contributed by atoms with Crippen LogP contribution in [0.4, 0.5) is 0 Å². The van der Waals surface area contributed by atoms with Gasteiger partial charge in [-0.1, -0.05) is 34.7 Å². The van der Waals surface area contributed by atoms with Crippen LogP contribution < -0.4 is 4.74 Å². The Labute approximate surface area is 128 Å². The summed E-state index contributed by atoms with van der Waals surface area (Å²) in [5, 5.41) is 0. The second-order valence-corrected chi connectivity index (χ2v) is 5.87. The third-order valence-corrected chi connectivity index (χ3v) is 4.09. The van der Waals surface area contributed by atoms with Crippen LogP contribution in [0.1, 0.15) is 17.5 Å².